The van der Waals surface area contributed by atoms with Gasteiger partial charge in [-0.15, -0.1) is 0 Å². The lowest BCUT2D eigenvalue weighted by atomic mass is 9.81. The van der Waals surface area contributed by atoms with Crippen molar-refractivity contribution in [2.75, 3.05) is 0 Å². The van der Waals surface area contributed by atoms with E-state index in [2.05, 4.69) is 0 Å². The normalized spacial score (nSPS) is 31.1. The molecule has 84 valence electrons. The quantitative estimate of drug-likeness (QED) is 0.742. The lowest BCUT2D eigenvalue weighted by molar-refractivity contribution is -0.0998. The fraction of sp³-hybridized carbons (Fsp3) is 1.00. The summed E-state index contributed by atoms with van der Waals surface area (Å²) in [5, 5.41) is 9.45. The van der Waals surface area contributed by atoms with Gasteiger partial charge in [0.2, 0.25) is 0 Å². The van der Waals surface area contributed by atoms with Crippen LogP contribution >= 0.6 is 0 Å². The van der Waals surface area contributed by atoms with Crippen LogP contribution in [0.15, 0.2) is 0 Å². The van der Waals surface area contributed by atoms with Gasteiger partial charge >= 0.3 is 0 Å². The molecule has 0 aromatic heterocycles. The van der Waals surface area contributed by atoms with Gasteiger partial charge in [0.25, 0.3) is 5.92 Å². The summed E-state index contributed by atoms with van der Waals surface area (Å²) in [5.74, 6) is -3.29. The van der Waals surface area contributed by atoms with E-state index in [-0.39, 0.29) is 12.8 Å². The number of halogens is 2. The van der Waals surface area contributed by atoms with Crippen LogP contribution in [0.2, 0.25) is 0 Å². The second kappa shape index (κ2) is 4.53. The Labute approximate surface area is 83.5 Å². The number of hydrogen-bond acceptors (Lipinski definition) is 2. The van der Waals surface area contributed by atoms with Crippen molar-refractivity contribution in [2.45, 2.75) is 57.1 Å². The fourth-order valence-electron chi connectivity index (χ4n) is 1.96. The van der Waals surface area contributed by atoms with E-state index in [1.54, 1.807) is 6.92 Å². The van der Waals surface area contributed by atoms with E-state index in [0.29, 0.717) is 12.8 Å². The average Bonchev–Trinajstić information content (AvgIpc) is 2.08. The highest BCUT2D eigenvalue weighted by Gasteiger charge is 2.42. The Morgan fingerprint density at radius 3 is 2.64 bits per heavy atom. The predicted octanol–water partition coefficient (Wildman–Crippen LogP) is 1.91. The zero-order valence-electron chi connectivity index (χ0n) is 8.55. The molecule has 0 aliphatic heterocycles. The molecule has 1 aliphatic rings. The molecule has 1 aliphatic carbocycles. The molecule has 0 heterocycles. The lowest BCUT2D eigenvalue weighted by Crippen LogP contribution is -2.39. The highest BCUT2D eigenvalue weighted by atomic mass is 19.3. The first-order chi connectivity index (χ1) is 6.43. The van der Waals surface area contributed by atoms with Crippen molar-refractivity contribution < 1.29 is 13.9 Å². The number of rotatable bonds is 3. The molecule has 0 aromatic rings. The Morgan fingerprint density at radius 1 is 1.50 bits per heavy atom. The van der Waals surface area contributed by atoms with Crippen molar-refractivity contribution in [2.24, 2.45) is 11.7 Å². The molecule has 0 amide bonds. The SMILES string of the molecule is CC(N)C(O)CC1CCCCC1(F)F. The third kappa shape index (κ3) is 2.89. The summed E-state index contributed by atoms with van der Waals surface area (Å²) in [6, 6.07) is -0.423. The summed E-state index contributed by atoms with van der Waals surface area (Å²) < 4.78 is 26.7. The summed E-state index contributed by atoms with van der Waals surface area (Å²) >= 11 is 0. The Morgan fingerprint density at radius 2 is 2.14 bits per heavy atom. The second-order valence-electron chi connectivity index (χ2n) is 4.37. The first-order valence-electron chi connectivity index (χ1n) is 5.25. The van der Waals surface area contributed by atoms with E-state index in [1.807, 2.05) is 0 Å². The van der Waals surface area contributed by atoms with E-state index in [9.17, 15) is 13.9 Å². The van der Waals surface area contributed by atoms with Gasteiger partial charge in [0.1, 0.15) is 0 Å². The average molecular weight is 207 g/mol. The number of aliphatic hydroxyl groups is 1. The molecule has 0 spiro atoms. The molecular formula is C10H19F2NO. The third-order valence-corrected chi connectivity index (χ3v) is 3.04. The maximum Gasteiger partial charge on any atom is 0.251 e. The van der Waals surface area contributed by atoms with Gasteiger partial charge in [-0.25, -0.2) is 8.78 Å². The van der Waals surface area contributed by atoms with Crippen molar-refractivity contribution in [3.05, 3.63) is 0 Å². The van der Waals surface area contributed by atoms with E-state index in [4.69, 9.17) is 5.73 Å². The first-order valence-corrected chi connectivity index (χ1v) is 5.25. The van der Waals surface area contributed by atoms with Crippen LogP contribution in [0.3, 0.4) is 0 Å². The van der Waals surface area contributed by atoms with Crippen LogP contribution in [0.1, 0.15) is 39.0 Å². The number of aliphatic hydroxyl groups excluding tert-OH is 1. The van der Waals surface area contributed by atoms with E-state index in [1.165, 1.54) is 0 Å². The van der Waals surface area contributed by atoms with Gasteiger partial charge in [-0.1, -0.05) is 6.42 Å². The molecule has 1 rings (SSSR count). The van der Waals surface area contributed by atoms with Crippen molar-refractivity contribution in [3.63, 3.8) is 0 Å². The van der Waals surface area contributed by atoms with Crippen LogP contribution in [0.4, 0.5) is 8.78 Å². The van der Waals surface area contributed by atoms with Gasteiger partial charge in [0, 0.05) is 18.4 Å². The van der Waals surface area contributed by atoms with Gasteiger partial charge in [-0.3, -0.25) is 0 Å². The highest BCUT2D eigenvalue weighted by molar-refractivity contribution is 4.85. The monoisotopic (exact) mass is 207 g/mol. The molecule has 0 aromatic carbocycles. The van der Waals surface area contributed by atoms with Crippen LogP contribution in [0.25, 0.3) is 0 Å². The van der Waals surface area contributed by atoms with Crippen LogP contribution in [0.5, 0.6) is 0 Å². The number of alkyl halides is 2. The van der Waals surface area contributed by atoms with Gasteiger partial charge in [-0.2, -0.15) is 0 Å². The summed E-state index contributed by atoms with van der Waals surface area (Å²) in [6.45, 7) is 1.64. The summed E-state index contributed by atoms with van der Waals surface area (Å²) in [5.41, 5.74) is 5.45. The molecule has 1 saturated carbocycles. The van der Waals surface area contributed by atoms with Gasteiger partial charge in [-0.05, 0) is 26.2 Å². The first kappa shape index (κ1) is 11.9. The maximum atomic E-state index is 13.3. The van der Waals surface area contributed by atoms with E-state index in [0.717, 1.165) is 6.42 Å². The summed E-state index contributed by atoms with van der Waals surface area (Å²) in [4.78, 5) is 0. The predicted molar refractivity (Wildman–Crippen MR) is 51.2 cm³/mol. The third-order valence-electron chi connectivity index (χ3n) is 3.04. The van der Waals surface area contributed by atoms with E-state index < -0.39 is 24.0 Å². The second-order valence-corrected chi connectivity index (χ2v) is 4.37. The zero-order chi connectivity index (χ0) is 10.8. The van der Waals surface area contributed by atoms with Crippen LogP contribution in [-0.2, 0) is 0 Å². The molecule has 0 bridgehead atoms. The maximum absolute atomic E-state index is 13.3. The zero-order valence-corrected chi connectivity index (χ0v) is 8.55. The molecule has 0 saturated heterocycles. The van der Waals surface area contributed by atoms with Crippen molar-refractivity contribution in [1.82, 2.24) is 0 Å². The largest absolute Gasteiger partial charge is 0.392 e. The Bertz CT molecular complexity index is 185. The fourth-order valence-corrected chi connectivity index (χ4v) is 1.96. The minimum atomic E-state index is -2.60. The summed E-state index contributed by atoms with van der Waals surface area (Å²) in [7, 11) is 0. The molecule has 3 atom stereocenters. The van der Waals surface area contributed by atoms with Crippen LogP contribution < -0.4 is 5.73 Å². The topological polar surface area (TPSA) is 46.2 Å². The Kier molecular flexibility index (Phi) is 3.84. The van der Waals surface area contributed by atoms with Gasteiger partial charge in [0.05, 0.1) is 6.10 Å². The van der Waals surface area contributed by atoms with Crippen LogP contribution in [-0.4, -0.2) is 23.2 Å². The number of hydrogen-bond donors (Lipinski definition) is 2. The molecule has 2 nitrogen and oxygen atoms in total. The number of nitrogens with two attached hydrogens (primary N) is 1. The summed E-state index contributed by atoms with van der Waals surface area (Å²) in [6.07, 6.45) is 1.23. The lowest BCUT2D eigenvalue weighted by Gasteiger charge is -2.33. The highest BCUT2D eigenvalue weighted by Crippen LogP contribution is 2.40. The van der Waals surface area contributed by atoms with Gasteiger partial charge < -0.3 is 10.8 Å². The molecular weight excluding hydrogens is 188 g/mol. The van der Waals surface area contributed by atoms with Crippen molar-refractivity contribution >= 4 is 0 Å². The molecule has 4 heteroatoms. The van der Waals surface area contributed by atoms with Crippen LogP contribution in [0, 0.1) is 5.92 Å². The molecule has 3 unspecified atom stereocenters. The van der Waals surface area contributed by atoms with E-state index >= 15 is 0 Å². The molecule has 3 N–H and O–H groups in total. The smallest absolute Gasteiger partial charge is 0.251 e. The molecule has 0 radical (unpaired) electrons. The van der Waals surface area contributed by atoms with Crippen molar-refractivity contribution in [1.29, 1.82) is 0 Å². The molecule has 1 fully saturated rings. The standard InChI is InChI=1S/C10H19F2NO/c1-7(13)9(14)6-8-4-2-3-5-10(8,11)12/h7-9,14H,2-6,13H2,1H3. The Balaban J connectivity index is 2.49. The minimum Gasteiger partial charge on any atom is -0.392 e. The van der Waals surface area contributed by atoms with Gasteiger partial charge in [0.15, 0.2) is 0 Å². The molecule has 14 heavy (non-hydrogen) atoms. The Hall–Kier alpha value is -0.220. The van der Waals surface area contributed by atoms with Crippen molar-refractivity contribution in [3.8, 4) is 0 Å². The minimum absolute atomic E-state index is 0.0384.